The minimum Gasteiger partial charge on any atom is -0.457 e. The van der Waals surface area contributed by atoms with Crippen molar-refractivity contribution in [2.75, 3.05) is 0 Å². The Hall–Kier alpha value is -6.44. The first-order chi connectivity index (χ1) is 26.1. The minimum absolute atomic E-state index is 0.460. The zero-order valence-electron chi connectivity index (χ0n) is 29.7. The highest BCUT2D eigenvalue weighted by Crippen LogP contribution is 2.63. The van der Waals surface area contributed by atoms with Crippen LogP contribution >= 0.6 is 0 Å². The monoisotopic (exact) mass is 676 g/mol. The Balaban J connectivity index is 1.14. The molecule has 0 fully saturated rings. The van der Waals surface area contributed by atoms with Crippen molar-refractivity contribution in [2.24, 2.45) is 0 Å². The molecule has 250 valence electrons. The van der Waals surface area contributed by atoms with Crippen LogP contribution in [0.1, 0.15) is 55.6 Å². The molecular weight excluding hydrogens is 641 g/mol. The molecule has 53 heavy (non-hydrogen) atoms. The van der Waals surface area contributed by atoms with Crippen molar-refractivity contribution in [3.63, 3.8) is 0 Å². The lowest BCUT2D eigenvalue weighted by Crippen LogP contribution is -2.32. The largest absolute Gasteiger partial charge is 0.457 e. The maximum absolute atomic E-state index is 6.91. The predicted octanol–water partition coefficient (Wildman–Crippen LogP) is 12.8. The van der Waals surface area contributed by atoms with Crippen molar-refractivity contribution < 1.29 is 4.74 Å². The maximum Gasteiger partial charge on any atom is 0.132 e. The molecule has 0 saturated carbocycles. The van der Waals surface area contributed by atoms with Crippen LogP contribution in [-0.2, 0) is 10.8 Å². The quantitative estimate of drug-likeness (QED) is 0.181. The summed E-state index contributed by atoms with van der Waals surface area (Å²) in [6.45, 7) is 4.44. The fraction of sp³-hybridized carbons (Fsp3) is 0.0769. The predicted molar refractivity (Wildman–Crippen MR) is 216 cm³/mol. The number of ether oxygens (including phenoxy) is 1. The van der Waals surface area contributed by atoms with Gasteiger partial charge in [0.15, 0.2) is 0 Å². The summed E-state index contributed by atoms with van der Waals surface area (Å²) in [6.07, 6.45) is 0. The second kappa shape index (κ2) is 11.0. The molecule has 0 amide bonds. The van der Waals surface area contributed by atoms with Gasteiger partial charge in [-0.25, -0.2) is 0 Å². The highest BCUT2D eigenvalue weighted by atomic mass is 16.5. The van der Waals surface area contributed by atoms with Crippen molar-refractivity contribution in [3.05, 3.63) is 238 Å². The Morgan fingerprint density at radius 1 is 0.358 bits per heavy atom. The lowest BCUT2D eigenvalue weighted by Gasteiger charge is -2.39. The van der Waals surface area contributed by atoms with Crippen LogP contribution in [0.4, 0.5) is 0 Å². The molecule has 1 nitrogen and oxygen atoms in total. The van der Waals surface area contributed by atoms with Crippen LogP contribution in [0, 0.1) is 13.8 Å². The highest BCUT2D eigenvalue weighted by molar-refractivity contribution is 5.90. The summed E-state index contributed by atoms with van der Waals surface area (Å²) in [6, 6.07) is 67.5. The highest BCUT2D eigenvalue weighted by Gasteiger charge is 2.51. The summed E-state index contributed by atoms with van der Waals surface area (Å²) >= 11 is 0. The molecule has 11 rings (SSSR count). The van der Waals surface area contributed by atoms with E-state index >= 15 is 0 Å². The van der Waals surface area contributed by atoms with Crippen LogP contribution < -0.4 is 4.74 Å². The Bertz CT molecular complexity index is 2790. The van der Waals surface area contributed by atoms with Gasteiger partial charge in [-0.2, -0.15) is 0 Å². The molecule has 0 bridgehead atoms. The van der Waals surface area contributed by atoms with Gasteiger partial charge >= 0.3 is 0 Å². The smallest absolute Gasteiger partial charge is 0.132 e. The first-order valence-corrected chi connectivity index (χ1v) is 18.6. The first kappa shape index (κ1) is 30.2. The lowest BCUT2D eigenvalue weighted by molar-refractivity contribution is 0.436. The Labute approximate surface area is 310 Å². The zero-order chi connectivity index (χ0) is 35.3. The molecule has 0 saturated heterocycles. The number of fused-ring (bicyclic) bond motifs is 12. The van der Waals surface area contributed by atoms with Gasteiger partial charge in [0.2, 0.25) is 0 Å². The summed E-state index contributed by atoms with van der Waals surface area (Å²) in [5, 5.41) is 0. The normalized spacial score (nSPS) is 18.3. The fourth-order valence-corrected chi connectivity index (χ4v) is 10.1. The average Bonchev–Trinajstić information content (AvgIpc) is 3.67. The van der Waals surface area contributed by atoms with Gasteiger partial charge in [0.25, 0.3) is 0 Å². The van der Waals surface area contributed by atoms with Crippen molar-refractivity contribution >= 4 is 0 Å². The number of hydrogen-bond donors (Lipinski definition) is 0. The Kier molecular flexibility index (Phi) is 6.29. The SMILES string of the molecule is Cc1ccc2c(c1)C1(c3ccccc3Oc3cc(-c4cccc(C5(c6ccccc6)c6ccccc6-c6c(C)cccc65)c4)ccc31)c1ccccc1-2. The van der Waals surface area contributed by atoms with Crippen LogP contribution in [0.5, 0.6) is 11.5 Å². The van der Waals surface area contributed by atoms with Gasteiger partial charge in [-0.15, -0.1) is 0 Å². The summed E-state index contributed by atoms with van der Waals surface area (Å²) in [7, 11) is 0. The number of para-hydroxylation sites is 1. The van der Waals surface area contributed by atoms with E-state index in [1.165, 1.54) is 83.5 Å². The summed E-state index contributed by atoms with van der Waals surface area (Å²) in [4.78, 5) is 0. The number of rotatable bonds is 3. The van der Waals surface area contributed by atoms with E-state index in [0.29, 0.717) is 0 Å². The van der Waals surface area contributed by atoms with Gasteiger partial charge in [-0.3, -0.25) is 0 Å². The molecule has 1 spiro atoms. The molecule has 1 heteroatoms. The lowest BCUT2D eigenvalue weighted by atomic mass is 9.65. The van der Waals surface area contributed by atoms with Crippen LogP contribution in [-0.4, -0.2) is 0 Å². The van der Waals surface area contributed by atoms with Gasteiger partial charge in [0, 0.05) is 11.1 Å². The second-order valence-electron chi connectivity index (χ2n) is 14.9. The topological polar surface area (TPSA) is 9.23 Å². The third kappa shape index (κ3) is 3.92. The van der Waals surface area contributed by atoms with Gasteiger partial charge in [0.1, 0.15) is 11.5 Å². The van der Waals surface area contributed by atoms with Gasteiger partial charge in [-0.1, -0.05) is 169 Å². The molecule has 2 aliphatic carbocycles. The van der Waals surface area contributed by atoms with E-state index in [0.717, 1.165) is 17.1 Å². The first-order valence-electron chi connectivity index (χ1n) is 18.6. The Morgan fingerprint density at radius 2 is 0.981 bits per heavy atom. The molecule has 2 atom stereocenters. The molecule has 1 aliphatic heterocycles. The van der Waals surface area contributed by atoms with Crippen molar-refractivity contribution in [1.82, 2.24) is 0 Å². The number of benzene rings is 8. The summed E-state index contributed by atoms with van der Waals surface area (Å²) < 4.78 is 6.91. The van der Waals surface area contributed by atoms with E-state index in [9.17, 15) is 0 Å². The molecule has 2 unspecified atom stereocenters. The van der Waals surface area contributed by atoms with E-state index in [4.69, 9.17) is 4.74 Å². The minimum atomic E-state index is -0.477. The second-order valence-corrected chi connectivity index (χ2v) is 14.9. The summed E-state index contributed by atoms with van der Waals surface area (Å²) in [5.74, 6) is 1.81. The standard InChI is InChI=1S/C52H36O/c1-33-26-28-40-39-19-6-8-21-42(39)52(47(40)30-33)44-23-10-11-25-48(44)53-49-32-36(27-29-45(49)52)35-15-13-18-38(31-35)51(37-16-4-3-5-17-37)43-22-9-7-20-41(43)50-34(2)14-12-24-46(50)51/h3-32H,1-2H3. The van der Waals surface area contributed by atoms with Crippen molar-refractivity contribution in [1.29, 1.82) is 0 Å². The molecule has 8 aromatic rings. The van der Waals surface area contributed by atoms with Crippen LogP contribution in [0.3, 0.4) is 0 Å². The van der Waals surface area contributed by atoms with E-state index in [2.05, 4.69) is 196 Å². The molecule has 3 aliphatic rings. The third-order valence-corrected chi connectivity index (χ3v) is 12.2. The van der Waals surface area contributed by atoms with Crippen molar-refractivity contribution in [2.45, 2.75) is 24.7 Å². The molecule has 1 heterocycles. The fourth-order valence-electron chi connectivity index (χ4n) is 10.1. The van der Waals surface area contributed by atoms with E-state index in [1.54, 1.807) is 0 Å². The molecule has 0 N–H and O–H groups in total. The average molecular weight is 677 g/mol. The van der Waals surface area contributed by atoms with Crippen molar-refractivity contribution in [3.8, 4) is 44.9 Å². The van der Waals surface area contributed by atoms with Gasteiger partial charge in [0.05, 0.1) is 10.8 Å². The van der Waals surface area contributed by atoms with Crippen LogP contribution in [0.25, 0.3) is 33.4 Å². The van der Waals surface area contributed by atoms with Gasteiger partial charge < -0.3 is 4.74 Å². The van der Waals surface area contributed by atoms with Crippen LogP contribution in [0.2, 0.25) is 0 Å². The molecular formula is C52H36O. The third-order valence-electron chi connectivity index (χ3n) is 12.2. The molecule has 0 radical (unpaired) electrons. The van der Waals surface area contributed by atoms with Crippen LogP contribution in [0.15, 0.2) is 182 Å². The zero-order valence-corrected chi connectivity index (χ0v) is 29.7. The van der Waals surface area contributed by atoms with E-state index in [-0.39, 0.29) is 0 Å². The van der Waals surface area contributed by atoms with Gasteiger partial charge in [-0.05, 0) is 104 Å². The molecule has 0 aromatic heterocycles. The summed E-state index contributed by atoms with van der Waals surface area (Å²) in [5.41, 5.74) is 19.4. The Morgan fingerprint density at radius 3 is 1.83 bits per heavy atom. The maximum atomic E-state index is 6.91. The molecule has 8 aromatic carbocycles. The number of hydrogen-bond acceptors (Lipinski definition) is 1. The van der Waals surface area contributed by atoms with E-state index in [1.807, 2.05) is 0 Å². The van der Waals surface area contributed by atoms with E-state index < -0.39 is 10.8 Å². The number of aryl methyl sites for hydroxylation is 2.